The van der Waals surface area contributed by atoms with E-state index in [0.29, 0.717) is 16.9 Å². The van der Waals surface area contributed by atoms with E-state index >= 15 is 0 Å². The van der Waals surface area contributed by atoms with Crippen molar-refractivity contribution < 1.29 is 26.4 Å². The average Bonchev–Trinajstić information content (AvgIpc) is 2.77. The van der Waals surface area contributed by atoms with Gasteiger partial charge in [0, 0.05) is 30.7 Å². The second-order valence-corrected chi connectivity index (χ2v) is 8.55. The quantitative estimate of drug-likeness (QED) is 0.494. The van der Waals surface area contributed by atoms with Crippen molar-refractivity contribution in [3.05, 3.63) is 93.4 Å². The molecule has 0 atom stereocenters. The molecule has 1 amide bonds. The second kappa shape index (κ2) is 10.1. The van der Waals surface area contributed by atoms with Crippen LogP contribution in [0.5, 0.6) is 0 Å². The minimum Gasteiger partial charge on any atom is -0.361 e. The SMILES string of the molecule is Cc1ccc(C(=O)NCc2ccc(N(C)C[SH](=O)=O)cc2)c(=O)n1-c1cccc(C(F)(F)F)c1. The van der Waals surface area contributed by atoms with E-state index in [0.717, 1.165) is 16.7 Å². The number of benzene rings is 2. The van der Waals surface area contributed by atoms with Crippen LogP contribution in [0.3, 0.4) is 0 Å². The van der Waals surface area contributed by atoms with E-state index < -0.39 is 33.9 Å². The van der Waals surface area contributed by atoms with Crippen molar-refractivity contribution >= 4 is 22.3 Å². The van der Waals surface area contributed by atoms with Gasteiger partial charge in [-0.2, -0.15) is 13.2 Å². The fourth-order valence-corrected chi connectivity index (χ4v) is 3.86. The Bertz CT molecular complexity index is 1320. The molecule has 0 saturated carbocycles. The van der Waals surface area contributed by atoms with Gasteiger partial charge in [0.05, 0.1) is 5.56 Å². The number of nitrogens with one attached hydrogen (secondary N) is 1. The van der Waals surface area contributed by atoms with Crippen molar-refractivity contribution in [2.24, 2.45) is 0 Å². The van der Waals surface area contributed by atoms with Crippen LogP contribution in [-0.2, 0) is 23.4 Å². The van der Waals surface area contributed by atoms with Gasteiger partial charge in [0.15, 0.2) is 10.7 Å². The van der Waals surface area contributed by atoms with E-state index in [9.17, 15) is 31.2 Å². The molecular weight excluding hydrogens is 471 g/mol. The van der Waals surface area contributed by atoms with Crippen LogP contribution in [0, 0.1) is 6.92 Å². The van der Waals surface area contributed by atoms with Gasteiger partial charge in [-0.25, -0.2) is 8.42 Å². The average molecular weight is 494 g/mol. The van der Waals surface area contributed by atoms with Crippen LogP contribution in [0.15, 0.2) is 65.5 Å². The van der Waals surface area contributed by atoms with Gasteiger partial charge in [-0.15, -0.1) is 0 Å². The zero-order valence-electron chi connectivity index (χ0n) is 18.3. The van der Waals surface area contributed by atoms with Gasteiger partial charge < -0.3 is 10.2 Å². The third-order valence-corrected chi connectivity index (χ3v) is 5.77. The van der Waals surface area contributed by atoms with Crippen molar-refractivity contribution in [3.63, 3.8) is 0 Å². The number of amides is 1. The summed E-state index contributed by atoms with van der Waals surface area (Å²) in [7, 11) is -0.930. The normalized spacial score (nSPS) is 11.5. The maximum absolute atomic E-state index is 13.1. The van der Waals surface area contributed by atoms with Crippen molar-refractivity contribution in [3.8, 4) is 5.69 Å². The standard InChI is InChI=1S/C23H22F3N3O4S/c1-15-6-11-20(22(31)29(15)19-5-3-4-17(12-19)23(24,25)26)21(30)27-13-16-7-9-18(10-8-16)28(2)14-34(32)33/h3-12,34H,13-14H2,1-2H3,(H,27,30). The Hall–Kier alpha value is -3.60. The molecule has 3 aromatic rings. The smallest absolute Gasteiger partial charge is 0.361 e. The first-order valence-corrected chi connectivity index (χ1v) is 11.4. The van der Waals surface area contributed by atoms with Gasteiger partial charge in [-0.3, -0.25) is 14.2 Å². The predicted octanol–water partition coefficient (Wildman–Crippen LogP) is 3.10. The Morgan fingerprint density at radius 2 is 1.74 bits per heavy atom. The molecule has 0 spiro atoms. The highest BCUT2D eigenvalue weighted by Gasteiger charge is 2.30. The summed E-state index contributed by atoms with van der Waals surface area (Å²) in [5.74, 6) is -0.799. The molecule has 1 aromatic heterocycles. The summed E-state index contributed by atoms with van der Waals surface area (Å²) >= 11 is 0. The number of carbonyl (C=O) groups is 1. The lowest BCUT2D eigenvalue weighted by molar-refractivity contribution is -0.137. The molecule has 11 heteroatoms. The summed E-state index contributed by atoms with van der Waals surface area (Å²) < 4.78 is 62.1. The van der Waals surface area contributed by atoms with Crippen LogP contribution in [0.1, 0.15) is 27.2 Å². The maximum atomic E-state index is 13.1. The zero-order valence-corrected chi connectivity index (χ0v) is 19.2. The highest BCUT2D eigenvalue weighted by molar-refractivity contribution is 7.72. The van der Waals surface area contributed by atoms with Gasteiger partial charge in [-0.1, -0.05) is 18.2 Å². The number of carbonyl (C=O) groups excluding carboxylic acids is 1. The number of pyridine rings is 1. The van der Waals surface area contributed by atoms with E-state index in [-0.39, 0.29) is 23.7 Å². The van der Waals surface area contributed by atoms with Crippen LogP contribution < -0.4 is 15.8 Å². The Labute approximate surface area is 195 Å². The molecule has 7 nitrogen and oxygen atoms in total. The highest BCUT2D eigenvalue weighted by atomic mass is 32.2. The number of nitrogens with zero attached hydrogens (tertiary/aromatic N) is 2. The fraction of sp³-hybridized carbons (Fsp3) is 0.217. The van der Waals surface area contributed by atoms with Gasteiger partial charge in [-0.05, 0) is 55.0 Å². The summed E-state index contributed by atoms with van der Waals surface area (Å²) in [5, 5.41) is 2.63. The minimum absolute atomic E-state index is 0.00603. The second-order valence-electron chi connectivity index (χ2n) is 7.60. The van der Waals surface area contributed by atoms with Crippen molar-refractivity contribution in [2.45, 2.75) is 19.6 Å². The molecular formula is C23H22F3N3O4S. The molecule has 3 rings (SSSR count). The Balaban J connectivity index is 1.80. The van der Waals surface area contributed by atoms with E-state index in [1.54, 1.807) is 43.1 Å². The Morgan fingerprint density at radius 1 is 1.06 bits per heavy atom. The van der Waals surface area contributed by atoms with E-state index in [1.165, 1.54) is 24.3 Å². The summed E-state index contributed by atoms with van der Waals surface area (Å²) in [4.78, 5) is 27.2. The van der Waals surface area contributed by atoms with E-state index in [4.69, 9.17) is 0 Å². The molecule has 0 unspecified atom stereocenters. The van der Waals surface area contributed by atoms with Crippen molar-refractivity contribution in [1.82, 2.24) is 9.88 Å². The Morgan fingerprint density at radius 3 is 2.35 bits per heavy atom. The van der Waals surface area contributed by atoms with Crippen LogP contribution in [-0.4, -0.2) is 31.8 Å². The number of thiol groups is 1. The zero-order chi connectivity index (χ0) is 25.0. The molecule has 0 saturated heterocycles. The molecule has 0 aliphatic carbocycles. The topological polar surface area (TPSA) is 88.5 Å². The van der Waals surface area contributed by atoms with Crippen LogP contribution in [0.25, 0.3) is 5.69 Å². The molecule has 34 heavy (non-hydrogen) atoms. The highest BCUT2D eigenvalue weighted by Crippen LogP contribution is 2.30. The van der Waals surface area contributed by atoms with Crippen LogP contribution >= 0.6 is 0 Å². The maximum Gasteiger partial charge on any atom is 0.416 e. The van der Waals surface area contributed by atoms with Gasteiger partial charge in [0.1, 0.15) is 11.4 Å². The number of hydrogen-bond acceptors (Lipinski definition) is 5. The molecule has 2 aromatic carbocycles. The third-order valence-electron chi connectivity index (χ3n) is 5.11. The molecule has 1 heterocycles. The first-order chi connectivity index (χ1) is 16.0. The van der Waals surface area contributed by atoms with Crippen LogP contribution in [0.2, 0.25) is 0 Å². The fourth-order valence-electron chi connectivity index (χ4n) is 3.35. The number of anilines is 1. The largest absolute Gasteiger partial charge is 0.416 e. The summed E-state index contributed by atoms with van der Waals surface area (Å²) in [5.41, 5.74) is -0.0764. The lowest BCUT2D eigenvalue weighted by atomic mass is 10.1. The molecule has 0 radical (unpaired) electrons. The number of hydrogen-bond donors (Lipinski definition) is 2. The summed E-state index contributed by atoms with van der Waals surface area (Å²) in [6.07, 6.45) is -4.57. The van der Waals surface area contributed by atoms with Gasteiger partial charge in [0.25, 0.3) is 11.5 Å². The molecule has 0 aliphatic heterocycles. The lowest BCUT2D eigenvalue weighted by Gasteiger charge is -2.16. The van der Waals surface area contributed by atoms with Gasteiger partial charge >= 0.3 is 6.18 Å². The molecule has 0 aliphatic rings. The lowest BCUT2D eigenvalue weighted by Crippen LogP contribution is -2.33. The van der Waals surface area contributed by atoms with E-state index in [1.807, 2.05) is 0 Å². The monoisotopic (exact) mass is 493 g/mol. The first kappa shape index (κ1) is 25.0. The number of aryl methyl sites for hydroxylation is 1. The molecule has 180 valence electrons. The van der Waals surface area contributed by atoms with Crippen LogP contribution in [0.4, 0.5) is 18.9 Å². The van der Waals surface area contributed by atoms with E-state index in [2.05, 4.69) is 5.32 Å². The molecule has 1 N–H and O–H groups in total. The number of rotatable bonds is 7. The summed E-state index contributed by atoms with van der Waals surface area (Å²) in [6, 6.07) is 14.0. The Kier molecular flexibility index (Phi) is 7.45. The van der Waals surface area contributed by atoms with Gasteiger partial charge in [0.2, 0.25) is 0 Å². The third kappa shape index (κ3) is 5.84. The van der Waals surface area contributed by atoms with Crippen molar-refractivity contribution in [1.29, 1.82) is 0 Å². The number of alkyl halides is 3. The number of halogens is 3. The predicted molar refractivity (Wildman–Crippen MR) is 123 cm³/mol. The molecule has 0 fully saturated rings. The number of aromatic nitrogens is 1. The summed E-state index contributed by atoms with van der Waals surface area (Å²) in [6.45, 7) is 1.65. The molecule has 0 bridgehead atoms. The first-order valence-electron chi connectivity index (χ1n) is 10.1. The minimum atomic E-state index is -4.57. The van der Waals surface area contributed by atoms with Crippen molar-refractivity contribution in [2.75, 3.05) is 17.8 Å².